The van der Waals surface area contributed by atoms with E-state index in [9.17, 15) is 5.26 Å². The van der Waals surface area contributed by atoms with Crippen molar-refractivity contribution >= 4 is 43.6 Å². The Labute approximate surface area is 266 Å². The fraction of sp³-hybridized carbons (Fsp3) is 0. The summed E-state index contributed by atoms with van der Waals surface area (Å²) in [5, 5.41) is 15.2. The molecule has 3 nitrogen and oxygen atoms in total. The van der Waals surface area contributed by atoms with Crippen molar-refractivity contribution in [3.05, 3.63) is 169 Å². The Hall–Kier alpha value is -6.37. The maximum absolute atomic E-state index is 10.4. The molecule has 0 saturated carbocycles. The summed E-state index contributed by atoms with van der Waals surface area (Å²) in [6.07, 6.45) is 0. The van der Waals surface area contributed by atoms with E-state index in [1.807, 2.05) is 12.1 Å². The lowest BCUT2D eigenvalue weighted by Gasteiger charge is -2.13. The first-order chi connectivity index (χ1) is 22.8. The molecule has 2 heterocycles. The first-order valence-electron chi connectivity index (χ1n) is 15.5. The Morgan fingerprint density at radius 3 is 1.78 bits per heavy atom. The fourth-order valence-electron chi connectivity index (χ4n) is 7.11. The number of fused-ring (bicyclic) bond motifs is 7. The van der Waals surface area contributed by atoms with Gasteiger partial charge in [-0.1, -0.05) is 115 Å². The normalized spacial score (nSPS) is 11.5. The zero-order valence-electron chi connectivity index (χ0n) is 24.9. The number of benzene rings is 7. The van der Waals surface area contributed by atoms with Crippen molar-refractivity contribution in [3.63, 3.8) is 0 Å². The van der Waals surface area contributed by atoms with Gasteiger partial charge in [-0.15, -0.1) is 0 Å². The van der Waals surface area contributed by atoms with Gasteiger partial charge in [-0.05, 0) is 70.8 Å². The number of aromatic nitrogens is 2. The summed E-state index contributed by atoms with van der Waals surface area (Å²) >= 11 is 0. The molecule has 0 radical (unpaired) electrons. The minimum Gasteiger partial charge on any atom is -0.309 e. The lowest BCUT2D eigenvalue weighted by molar-refractivity contribution is 1.16. The van der Waals surface area contributed by atoms with Crippen LogP contribution in [0.4, 0.5) is 0 Å². The van der Waals surface area contributed by atoms with E-state index >= 15 is 0 Å². The first-order valence-corrected chi connectivity index (χ1v) is 15.5. The van der Waals surface area contributed by atoms with Crippen molar-refractivity contribution in [2.75, 3.05) is 0 Å². The fourth-order valence-corrected chi connectivity index (χ4v) is 7.11. The molecule has 0 aliphatic carbocycles. The number of hydrogen-bond acceptors (Lipinski definition) is 1. The van der Waals surface area contributed by atoms with Crippen LogP contribution in [-0.2, 0) is 0 Å². The second kappa shape index (κ2) is 10.4. The minimum absolute atomic E-state index is 0.634. The zero-order valence-corrected chi connectivity index (χ0v) is 24.9. The summed E-state index contributed by atoms with van der Waals surface area (Å²) in [4.78, 5) is 0. The summed E-state index contributed by atoms with van der Waals surface area (Å²) < 4.78 is 4.67. The molecule has 0 amide bonds. The van der Waals surface area contributed by atoms with E-state index in [0.29, 0.717) is 5.56 Å². The van der Waals surface area contributed by atoms with Gasteiger partial charge in [0.15, 0.2) is 0 Å². The van der Waals surface area contributed by atoms with Crippen LogP contribution in [0.15, 0.2) is 164 Å². The molecule has 9 rings (SSSR count). The summed E-state index contributed by atoms with van der Waals surface area (Å²) in [7, 11) is 0. The third-order valence-electron chi connectivity index (χ3n) is 9.15. The molecule has 7 aromatic carbocycles. The van der Waals surface area contributed by atoms with Crippen LogP contribution < -0.4 is 0 Å². The zero-order chi connectivity index (χ0) is 30.6. The van der Waals surface area contributed by atoms with Gasteiger partial charge in [-0.25, -0.2) is 0 Å². The van der Waals surface area contributed by atoms with Crippen LogP contribution in [0.25, 0.3) is 77.2 Å². The van der Waals surface area contributed by atoms with E-state index in [0.717, 1.165) is 44.5 Å². The lowest BCUT2D eigenvalue weighted by Crippen LogP contribution is -1.98. The standard InChI is InChI=1S/C43H27N3/c44-28-33-23-22-32(31-15-11-14-30(26-31)29-12-3-1-4-13-29)27-41(33)46-39-21-10-8-19-37(39)42-40(46)25-24-36-35-18-7-9-20-38(35)45(43(36)42)34-16-5-2-6-17-34/h1-27H. The van der Waals surface area contributed by atoms with Gasteiger partial charge in [0.2, 0.25) is 0 Å². The van der Waals surface area contributed by atoms with E-state index < -0.39 is 0 Å². The van der Waals surface area contributed by atoms with Crippen molar-refractivity contribution in [2.24, 2.45) is 0 Å². The lowest BCUT2D eigenvalue weighted by atomic mass is 9.97. The quantitative estimate of drug-likeness (QED) is 0.202. The summed E-state index contributed by atoms with van der Waals surface area (Å²) in [5.41, 5.74) is 11.6. The number of rotatable bonds is 4. The van der Waals surface area contributed by atoms with Gasteiger partial charge in [0, 0.05) is 27.2 Å². The smallest absolute Gasteiger partial charge is 0.101 e. The topological polar surface area (TPSA) is 33.6 Å². The minimum atomic E-state index is 0.634. The number of hydrogen-bond donors (Lipinski definition) is 0. The van der Waals surface area contributed by atoms with Gasteiger partial charge in [0.05, 0.1) is 33.3 Å². The molecule has 3 heteroatoms. The Morgan fingerprint density at radius 2 is 1.02 bits per heavy atom. The Balaban J connectivity index is 1.36. The van der Waals surface area contributed by atoms with E-state index in [-0.39, 0.29) is 0 Å². The largest absolute Gasteiger partial charge is 0.309 e. The average molecular weight is 586 g/mol. The van der Waals surface area contributed by atoms with Crippen molar-refractivity contribution in [2.45, 2.75) is 0 Å². The predicted molar refractivity (Wildman–Crippen MR) is 191 cm³/mol. The van der Waals surface area contributed by atoms with Gasteiger partial charge in [-0.3, -0.25) is 0 Å². The van der Waals surface area contributed by atoms with Crippen LogP contribution in [0.3, 0.4) is 0 Å². The van der Waals surface area contributed by atoms with Crippen LogP contribution in [-0.4, -0.2) is 9.13 Å². The van der Waals surface area contributed by atoms with Gasteiger partial charge in [-0.2, -0.15) is 5.26 Å². The van der Waals surface area contributed by atoms with Gasteiger partial charge in [0.1, 0.15) is 6.07 Å². The number of para-hydroxylation sites is 3. The highest BCUT2D eigenvalue weighted by molar-refractivity contribution is 6.26. The summed E-state index contributed by atoms with van der Waals surface area (Å²) in [6, 6.07) is 60.0. The highest BCUT2D eigenvalue weighted by atomic mass is 15.0. The van der Waals surface area contributed by atoms with Crippen LogP contribution in [0, 0.1) is 11.3 Å². The molecule has 0 atom stereocenters. The van der Waals surface area contributed by atoms with E-state index in [1.54, 1.807) is 0 Å². The van der Waals surface area contributed by atoms with Gasteiger partial charge in [0.25, 0.3) is 0 Å². The van der Waals surface area contributed by atoms with Crippen LogP contribution >= 0.6 is 0 Å². The molecular weight excluding hydrogens is 558 g/mol. The molecule has 0 spiro atoms. The number of nitrogens with zero attached hydrogens (tertiary/aromatic N) is 3. The molecule has 0 aliphatic rings. The molecule has 46 heavy (non-hydrogen) atoms. The van der Waals surface area contributed by atoms with E-state index in [4.69, 9.17) is 0 Å². The van der Waals surface area contributed by atoms with Crippen molar-refractivity contribution in [3.8, 4) is 39.7 Å². The SMILES string of the molecule is N#Cc1ccc(-c2cccc(-c3ccccc3)c2)cc1-n1c2ccccc2c2c1ccc1c3ccccc3n(-c3ccccc3)c12. The highest BCUT2D eigenvalue weighted by Gasteiger charge is 2.22. The predicted octanol–water partition coefficient (Wildman–Crippen LogP) is 11.1. The average Bonchev–Trinajstić information content (AvgIpc) is 3.65. The maximum atomic E-state index is 10.4. The second-order valence-corrected chi connectivity index (χ2v) is 11.7. The maximum Gasteiger partial charge on any atom is 0.101 e. The Morgan fingerprint density at radius 1 is 0.413 bits per heavy atom. The second-order valence-electron chi connectivity index (χ2n) is 11.7. The van der Waals surface area contributed by atoms with E-state index in [2.05, 4.69) is 167 Å². The molecule has 0 unspecified atom stereocenters. The Bertz CT molecular complexity index is 2630. The third kappa shape index (κ3) is 3.91. The highest BCUT2D eigenvalue weighted by Crippen LogP contribution is 2.42. The molecular formula is C43H27N3. The Kier molecular flexibility index (Phi) is 5.88. The molecule has 0 bridgehead atoms. The molecule has 0 N–H and O–H groups in total. The third-order valence-corrected chi connectivity index (χ3v) is 9.15. The molecule has 0 saturated heterocycles. The van der Waals surface area contributed by atoms with Crippen molar-refractivity contribution < 1.29 is 0 Å². The van der Waals surface area contributed by atoms with Crippen LogP contribution in [0.5, 0.6) is 0 Å². The van der Waals surface area contributed by atoms with Gasteiger partial charge >= 0.3 is 0 Å². The molecule has 0 aliphatic heterocycles. The van der Waals surface area contributed by atoms with Crippen LogP contribution in [0.2, 0.25) is 0 Å². The molecule has 0 fully saturated rings. The first kappa shape index (κ1) is 26.1. The monoisotopic (exact) mass is 585 g/mol. The molecule has 9 aromatic rings. The summed E-state index contributed by atoms with van der Waals surface area (Å²) in [5.74, 6) is 0. The van der Waals surface area contributed by atoms with E-state index in [1.165, 1.54) is 32.8 Å². The van der Waals surface area contributed by atoms with Crippen molar-refractivity contribution in [1.29, 1.82) is 5.26 Å². The molecule has 214 valence electrons. The number of nitriles is 1. The summed E-state index contributed by atoms with van der Waals surface area (Å²) in [6.45, 7) is 0. The van der Waals surface area contributed by atoms with Gasteiger partial charge < -0.3 is 9.13 Å². The van der Waals surface area contributed by atoms with Crippen LogP contribution in [0.1, 0.15) is 5.56 Å². The van der Waals surface area contributed by atoms with Crippen molar-refractivity contribution in [1.82, 2.24) is 9.13 Å². The molecule has 2 aromatic heterocycles.